The molecule has 0 amide bonds. The summed E-state index contributed by atoms with van der Waals surface area (Å²) in [5.41, 5.74) is 2.24. The van der Waals surface area contributed by atoms with Crippen LogP contribution in [-0.4, -0.2) is 12.6 Å². The Kier molecular flexibility index (Phi) is 7.41. The van der Waals surface area contributed by atoms with Crippen LogP contribution in [-0.2, 0) is 16.0 Å². The molecule has 0 aliphatic rings. The fraction of sp³-hybridized carbons (Fsp3) is 0.389. The zero-order valence-corrected chi connectivity index (χ0v) is 12.6. The lowest BCUT2D eigenvalue weighted by Gasteiger charge is -2.08. The van der Waals surface area contributed by atoms with Crippen LogP contribution < -0.4 is 0 Å². The summed E-state index contributed by atoms with van der Waals surface area (Å²) >= 11 is 0. The Balaban J connectivity index is 2.23. The summed E-state index contributed by atoms with van der Waals surface area (Å²) in [4.78, 5) is 11.7. The molecule has 0 aliphatic carbocycles. The van der Waals surface area contributed by atoms with Crippen LogP contribution in [0.4, 0.5) is 0 Å². The van der Waals surface area contributed by atoms with E-state index < -0.39 is 0 Å². The third kappa shape index (κ3) is 6.93. The maximum absolute atomic E-state index is 11.7. The van der Waals surface area contributed by atoms with E-state index in [4.69, 9.17) is 4.74 Å². The van der Waals surface area contributed by atoms with Crippen LogP contribution in [0.3, 0.4) is 0 Å². The largest absolute Gasteiger partial charge is 0.465 e. The average Bonchev–Trinajstić information content (AvgIpc) is 2.45. The predicted octanol–water partition coefficient (Wildman–Crippen LogP) is 4.32. The number of benzene rings is 1. The fourth-order valence-corrected chi connectivity index (χ4v) is 1.68. The molecule has 1 unspecified atom stereocenters. The van der Waals surface area contributed by atoms with E-state index in [2.05, 4.69) is 32.1 Å². The van der Waals surface area contributed by atoms with E-state index in [1.165, 1.54) is 5.57 Å². The van der Waals surface area contributed by atoms with Crippen molar-refractivity contribution in [1.82, 2.24) is 0 Å². The van der Waals surface area contributed by atoms with Gasteiger partial charge in [-0.05, 0) is 31.7 Å². The standard InChI is InChI=1S/C18H24O2/c1-4-15(2)10-11-16(3)12-13-20-18(19)14-17-8-6-5-7-9-17/h4-11,16H,12-14H2,1-3H3/b11-10+,15-4+. The Hall–Kier alpha value is -1.83. The average molecular weight is 272 g/mol. The van der Waals surface area contributed by atoms with Gasteiger partial charge in [0.05, 0.1) is 13.0 Å². The van der Waals surface area contributed by atoms with E-state index >= 15 is 0 Å². The third-order valence-electron chi connectivity index (χ3n) is 3.17. The van der Waals surface area contributed by atoms with Gasteiger partial charge in [-0.2, -0.15) is 0 Å². The highest BCUT2D eigenvalue weighted by Gasteiger charge is 2.05. The van der Waals surface area contributed by atoms with Crippen molar-refractivity contribution >= 4 is 5.97 Å². The molecule has 0 N–H and O–H groups in total. The van der Waals surface area contributed by atoms with Crippen LogP contribution in [0.2, 0.25) is 0 Å². The minimum Gasteiger partial charge on any atom is -0.465 e. The Morgan fingerprint density at radius 3 is 2.65 bits per heavy atom. The lowest BCUT2D eigenvalue weighted by Crippen LogP contribution is -2.10. The number of ether oxygens (including phenoxy) is 1. The fourth-order valence-electron chi connectivity index (χ4n) is 1.68. The summed E-state index contributed by atoms with van der Waals surface area (Å²) < 4.78 is 5.26. The molecule has 0 aromatic heterocycles. The Morgan fingerprint density at radius 1 is 1.30 bits per heavy atom. The molecule has 0 aliphatic heterocycles. The van der Waals surface area contributed by atoms with Crippen LogP contribution in [0.5, 0.6) is 0 Å². The van der Waals surface area contributed by atoms with Gasteiger partial charge >= 0.3 is 5.97 Å². The molecule has 2 heteroatoms. The number of carbonyl (C=O) groups is 1. The van der Waals surface area contributed by atoms with Gasteiger partial charge < -0.3 is 4.74 Å². The van der Waals surface area contributed by atoms with Gasteiger partial charge in [-0.25, -0.2) is 0 Å². The molecule has 0 bridgehead atoms. The number of rotatable bonds is 7. The first-order valence-corrected chi connectivity index (χ1v) is 7.12. The maximum Gasteiger partial charge on any atom is 0.310 e. The first-order valence-electron chi connectivity index (χ1n) is 7.12. The summed E-state index contributed by atoms with van der Waals surface area (Å²) in [7, 11) is 0. The van der Waals surface area contributed by atoms with E-state index in [0.717, 1.165) is 12.0 Å². The first kappa shape index (κ1) is 16.2. The maximum atomic E-state index is 11.7. The van der Waals surface area contributed by atoms with Crippen molar-refractivity contribution in [3.8, 4) is 0 Å². The van der Waals surface area contributed by atoms with Crippen molar-refractivity contribution in [3.05, 3.63) is 59.7 Å². The van der Waals surface area contributed by atoms with E-state index in [9.17, 15) is 4.79 Å². The number of carbonyl (C=O) groups excluding carboxylic acids is 1. The van der Waals surface area contributed by atoms with E-state index in [1.54, 1.807) is 0 Å². The normalized spacial score (nSPS) is 13.4. The molecule has 0 fully saturated rings. The van der Waals surface area contributed by atoms with Gasteiger partial charge in [0.15, 0.2) is 0 Å². The van der Waals surface area contributed by atoms with Gasteiger partial charge in [0.25, 0.3) is 0 Å². The molecule has 0 saturated heterocycles. The lowest BCUT2D eigenvalue weighted by atomic mass is 10.1. The Labute approximate surface area is 122 Å². The van der Waals surface area contributed by atoms with Crippen LogP contribution in [0.1, 0.15) is 32.8 Å². The topological polar surface area (TPSA) is 26.3 Å². The molecule has 1 atom stereocenters. The summed E-state index contributed by atoms with van der Waals surface area (Å²) in [6, 6.07) is 9.67. The van der Waals surface area contributed by atoms with Crippen molar-refractivity contribution in [3.63, 3.8) is 0 Å². The van der Waals surface area contributed by atoms with Gasteiger partial charge in [0.2, 0.25) is 0 Å². The monoisotopic (exact) mass is 272 g/mol. The molecule has 0 radical (unpaired) electrons. The lowest BCUT2D eigenvalue weighted by molar-refractivity contribution is -0.143. The minimum atomic E-state index is -0.156. The van der Waals surface area contributed by atoms with E-state index in [0.29, 0.717) is 18.9 Å². The van der Waals surface area contributed by atoms with E-state index in [1.807, 2.05) is 37.3 Å². The highest BCUT2D eigenvalue weighted by atomic mass is 16.5. The second kappa shape index (κ2) is 9.13. The summed E-state index contributed by atoms with van der Waals surface area (Å²) in [5.74, 6) is 0.256. The summed E-state index contributed by atoms with van der Waals surface area (Å²) in [6.07, 6.45) is 7.54. The van der Waals surface area contributed by atoms with Crippen molar-refractivity contribution in [1.29, 1.82) is 0 Å². The van der Waals surface area contributed by atoms with Crippen molar-refractivity contribution in [2.24, 2.45) is 5.92 Å². The number of esters is 1. The van der Waals surface area contributed by atoms with Gasteiger partial charge in [-0.3, -0.25) is 4.79 Å². The quantitative estimate of drug-likeness (QED) is 0.546. The molecule has 1 aromatic rings. The second-order valence-electron chi connectivity index (χ2n) is 5.04. The van der Waals surface area contributed by atoms with Crippen LogP contribution in [0, 0.1) is 5.92 Å². The molecular formula is C18H24O2. The van der Waals surface area contributed by atoms with Crippen LogP contribution >= 0.6 is 0 Å². The molecule has 1 aromatic carbocycles. The summed E-state index contributed by atoms with van der Waals surface area (Å²) in [6.45, 7) is 6.70. The summed E-state index contributed by atoms with van der Waals surface area (Å²) in [5, 5.41) is 0. The second-order valence-corrected chi connectivity index (χ2v) is 5.04. The highest BCUT2D eigenvalue weighted by Crippen LogP contribution is 2.07. The highest BCUT2D eigenvalue weighted by molar-refractivity contribution is 5.72. The Morgan fingerprint density at radius 2 is 2.00 bits per heavy atom. The number of allylic oxidation sites excluding steroid dienone is 4. The molecular weight excluding hydrogens is 248 g/mol. The van der Waals surface area contributed by atoms with Gasteiger partial charge in [0.1, 0.15) is 0 Å². The van der Waals surface area contributed by atoms with Crippen LogP contribution in [0.25, 0.3) is 0 Å². The van der Waals surface area contributed by atoms with Gasteiger partial charge in [0, 0.05) is 0 Å². The van der Waals surface area contributed by atoms with Crippen molar-refractivity contribution in [2.75, 3.05) is 6.61 Å². The number of hydrogen-bond donors (Lipinski definition) is 0. The van der Waals surface area contributed by atoms with Crippen molar-refractivity contribution < 1.29 is 9.53 Å². The Bertz CT molecular complexity index is 458. The minimum absolute atomic E-state index is 0.156. The first-order chi connectivity index (χ1) is 9.61. The SMILES string of the molecule is C/C=C(C)/C=C/C(C)CCOC(=O)Cc1ccccc1. The van der Waals surface area contributed by atoms with Crippen LogP contribution in [0.15, 0.2) is 54.1 Å². The van der Waals surface area contributed by atoms with Gasteiger partial charge in [-0.15, -0.1) is 0 Å². The molecule has 0 saturated carbocycles. The number of hydrogen-bond acceptors (Lipinski definition) is 2. The van der Waals surface area contributed by atoms with Crippen molar-refractivity contribution in [2.45, 2.75) is 33.6 Å². The van der Waals surface area contributed by atoms with Gasteiger partial charge in [-0.1, -0.05) is 61.1 Å². The molecule has 108 valence electrons. The predicted molar refractivity (Wildman–Crippen MR) is 83.5 cm³/mol. The molecule has 2 nitrogen and oxygen atoms in total. The third-order valence-corrected chi connectivity index (χ3v) is 3.17. The van der Waals surface area contributed by atoms with E-state index in [-0.39, 0.29) is 5.97 Å². The molecule has 0 heterocycles. The smallest absolute Gasteiger partial charge is 0.310 e. The zero-order chi connectivity index (χ0) is 14.8. The zero-order valence-electron chi connectivity index (χ0n) is 12.6. The molecule has 1 rings (SSSR count). The molecule has 20 heavy (non-hydrogen) atoms. The molecule has 0 spiro atoms.